The van der Waals surface area contributed by atoms with Crippen LogP contribution in [0.4, 0.5) is 0 Å². The van der Waals surface area contributed by atoms with E-state index < -0.39 is 6.10 Å². The number of aliphatic hydroxyl groups is 1. The number of benzene rings is 1. The average molecular weight is 254 g/mol. The first-order chi connectivity index (χ1) is 8.08. The Labute approximate surface area is 105 Å². The molecule has 1 heterocycles. The van der Waals surface area contributed by atoms with Crippen molar-refractivity contribution >= 4 is 22.5 Å². The zero-order chi connectivity index (χ0) is 12.4. The molecule has 92 valence electrons. The summed E-state index contributed by atoms with van der Waals surface area (Å²) in [7, 11) is 3.96. The largest absolute Gasteiger partial charge is 0.388 e. The van der Waals surface area contributed by atoms with E-state index in [2.05, 4.69) is 10.2 Å². The van der Waals surface area contributed by atoms with Crippen molar-refractivity contribution in [1.29, 1.82) is 0 Å². The van der Waals surface area contributed by atoms with E-state index in [1.807, 2.05) is 25.1 Å². The third-order valence-corrected chi connectivity index (χ3v) is 3.09. The summed E-state index contributed by atoms with van der Waals surface area (Å²) < 4.78 is 0. The summed E-state index contributed by atoms with van der Waals surface area (Å²) in [6, 6.07) is 3.69. The molecule has 1 aromatic carbocycles. The fourth-order valence-electron chi connectivity index (χ4n) is 1.77. The molecule has 1 atom stereocenters. The highest BCUT2D eigenvalue weighted by Gasteiger charge is 2.13. The molecular formula is C12H16ClN3O. The summed E-state index contributed by atoms with van der Waals surface area (Å²) in [4.78, 5) is 2.04. The summed E-state index contributed by atoms with van der Waals surface area (Å²) in [5, 5.41) is 18.4. The lowest BCUT2D eigenvalue weighted by atomic mass is 10.0. The van der Waals surface area contributed by atoms with Gasteiger partial charge in [-0.25, -0.2) is 0 Å². The van der Waals surface area contributed by atoms with Crippen molar-refractivity contribution in [2.45, 2.75) is 12.5 Å². The van der Waals surface area contributed by atoms with Gasteiger partial charge in [-0.05, 0) is 38.2 Å². The molecule has 0 spiro atoms. The number of aromatic amines is 1. The molecule has 2 rings (SSSR count). The molecule has 0 bridgehead atoms. The first-order valence-electron chi connectivity index (χ1n) is 5.53. The van der Waals surface area contributed by atoms with Gasteiger partial charge in [0.25, 0.3) is 0 Å². The Morgan fingerprint density at radius 1 is 1.47 bits per heavy atom. The first-order valence-corrected chi connectivity index (χ1v) is 5.91. The highest BCUT2D eigenvalue weighted by molar-refractivity contribution is 6.32. The van der Waals surface area contributed by atoms with Gasteiger partial charge in [-0.1, -0.05) is 11.6 Å². The predicted molar refractivity (Wildman–Crippen MR) is 69.2 cm³/mol. The lowest BCUT2D eigenvalue weighted by molar-refractivity contribution is 0.154. The smallest absolute Gasteiger partial charge is 0.0816 e. The third-order valence-electron chi connectivity index (χ3n) is 2.77. The molecule has 0 radical (unpaired) electrons. The van der Waals surface area contributed by atoms with Gasteiger partial charge in [-0.15, -0.1) is 0 Å². The number of hydrogen-bond donors (Lipinski definition) is 2. The number of rotatable bonds is 4. The van der Waals surface area contributed by atoms with E-state index in [-0.39, 0.29) is 0 Å². The highest BCUT2D eigenvalue weighted by Crippen LogP contribution is 2.29. The van der Waals surface area contributed by atoms with Crippen LogP contribution in [0.5, 0.6) is 0 Å². The second kappa shape index (κ2) is 5.04. The van der Waals surface area contributed by atoms with Crippen LogP contribution in [-0.4, -0.2) is 40.8 Å². The van der Waals surface area contributed by atoms with Gasteiger partial charge < -0.3 is 10.0 Å². The lowest BCUT2D eigenvalue weighted by Crippen LogP contribution is -2.16. The van der Waals surface area contributed by atoms with Crippen LogP contribution in [0.1, 0.15) is 18.1 Å². The number of aliphatic hydroxyl groups excluding tert-OH is 1. The fourth-order valence-corrected chi connectivity index (χ4v) is 2.06. The van der Waals surface area contributed by atoms with Gasteiger partial charge in [0, 0.05) is 17.0 Å². The van der Waals surface area contributed by atoms with Gasteiger partial charge in [-0.3, -0.25) is 5.10 Å². The van der Waals surface area contributed by atoms with Crippen LogP contribution in [0.25, 0.3) is 10.9 Å². The molecule has 5 heteroatoms. The minimum atomic E-state index is -0.538. The van der Waals surface area contributed by atoms with Gasteiger partial charge >= 0.3 is 0 Å². The van der Waals surface area contributed by atoms with Crippen molar-refractivity contribution < 1.29 is 5.11 Å². The maximum atomic E-state index is 10.1. The SMILES string of the molecule is CN(C)CCC(O)c1cc2cn[nH]c2cc1Cl. The van der Waals surface area contributed by atoms with Crippen LogP contribution in [0.2, 0.25) is 5.02 Å². The molecule has 0 aliphatic carbocycles. The molecule has 1 unspecified atom stereocenters. The molecule has 17 heavy (non-hydrogen) atoms. The topological polar surface area (TPSA) is 52.1 Å². The Balaban J connectivity index is 2.24. The number of fused-ring (bicyclic) bond motifs is 1. The molecule has 0 aliphatic heterocycles. The Kier molecular flexibility index (Phi) is 3.66. The van der Waals surface area contributed by atoms with Gasteiger partial charge in [0.1, 0.15) is 0 Å². The quantitative estimate of drug-likeness (QED) is 0.878. The molecule has 0 saturated heterocycles. The second-order valence-electron chi connectivity index (χ2n) is 4.44. The Hall–Kier alpha value is -1.10. The molecule has 0 fully saturated rings. The van der Waals surface area contributed by atoms with Gasteiger partial charge in [-0.2, -0.15) is 5.10 Å². The van der Waals surface area contributed by atoms with Crippen LogP contribution >= 0.6 is 11.6 Å². The summed E-state index contributed by atoms with van der Waals surface area (Å²) in [5.74, 6) is 0. The van der Waals surface area contributed by atoms with Crippen molar-refractivity contribution in [2.75, 3.05) is 20.6 Å². The third kappa shape index (κ3) is 2.77. The van der Waals surface area contributed by atoms with E-state index in [1.165, 1.54) is 0 Å². The van der Waals surface area contributed by atoms with Crippen molar-refractivity contribution in [3.8, 4) is 0 Å². The van der Waals surface area contributed by atoms with E-state index in [0.717, 1.165) is 23.0 Å². The normalized spacial score (nSPS) is 13.5. The Morgan fingerprint density at radius 3 is 2.94 bits per heavy atom. The number of aromatic nitrogens is 2. The molecule has 0 amide bonds. The standard InChI is InChI=1S/C12H16ClN3O/c1-16(2)4-3-12(17)9-5-8-7-14-15-11(8)6-10(9)13/h5-7,12,17H,3-4H2,1-2H3,(H,14,15). The number of halogens is 1. The number of H-pyrrole nitrogens is 1. The summed E-state index contributed by atoms with van der Waals surface area (Å²) >= 11 is 6.15. The van der Waals surface area contributed by atoms with Crippen molar-refractivity contribution in [1.82, 2.24) is 15.1 Å². The van der Waals surface area contributed by atoms with Gasteiger partial charge in [0.15, 0.2) is 0 Å². The average Bonchev–Trinajstić information content (AvgIpc) is 2.71. The Morgan fingerprint density at radius 2 is 2.24 bits per heavy atom. The van der Waals surface area contributed by atoms with E-state index in [0.29, 0.717) is 11.4 Å². The minimum Gasteiger partial charge on any atom is -0.388 e. The van der Waals surface area contributed by atoms with Crippen LogP contribution in [0.3, 0.4) is 0 Å². The molecule has 4 nitrogen and oxygen atoms in total. The minimum absolute atomic E-state index is 0.538. The zero-order valence-corrected chi connectivity index (χ0v) is 10.7. The maximum Gasteiger partial charge on any atom is 0.0816 e. The van der Waals surface area contributed by atoms with Crippen molar-refractivity contribution in [2.24, 2.45) is 0 Å². The van der Waals surface area contributed by atoms with Crippen LogP contribution in [-0.2, 0) is 0 Å². The monoisotopic (exact) mass is 253 g/mol. The fraction of sp³-hybridized carbons (Fsp3) is 0.417. The van der Waals surface area contributed by atoms with Gasteiger partial charge in [0.05, 0.1) is 17.8 Å². The molecule has 1 aromatic heterocycles. The van der Waals surface area contributed by atoms with Crippen LogP contribution in [0.15, 0.2) is 18.3 Å². The molecular weight excluding hydrogens is 238 g/mol. The Bertz CT molecular complexity index is 509. The molecule has 2 N–H and O–H groups in total. The summed E-state index contributed by atoms with van der Waals surface area (Å²) in [6.07, 6.45) is 1.85. The highest BCUT2D eigenvalue weighted by atomic mass is 35.5. The maximum absolute atomic E-state index is 10.1. The van der Waals surface area contributed by atoms with Crippen molar-refractivity contribution in [3.63, 3.8) is 0 Å². The molecule has 2 aromatic rings. The van der Waals surface area contributed by atoms with E-state index in [4.69, 9.17) is 11.6 Å². The lowest BCUT2D eigenvalue weighted by Gasteiger charge is -2.15. The summed E-state index contributed by atoms with van der Waals surface area (Å²) in [6.45, 7) is 0.820. The first kappa shape index (κ1) is 12.4. The van der Waals surface area contributed by atoms with Crippen molar-refractivity contribution in [3.05, 3.63) is 28.9 Å². The van der Waals surface area contributed by atoms with Gasteiger partial charge in [0.2, 0.25) is 0 Å². The number of nitrogens with zero attached hydrogens (tertiary/aromatic N) is 2. The van der Waals surface area contributed by atoms with E-state index >= 15 is 0 Å². The second-order valence-corrected chi connectivity index (χ2v) is 4.85. The number of hydrogen-bond acceptors (Lipinski definition) is 3. The number of nitrogens with one attached hydrogen (secondary N) is 1. The van der Waals surface area contributed by atoms with E-state index in [1.54, 1.807) is 12.3 Å². The van der Waals surface area contributed by atoms with E-state index in [9.17, 15) is 5.11 Å². The summed E-state index contributed by atoms with van der Waals surface area (Å²) in [5.41, 5.74) is 1.65. The predicted octanol–water partition coefficient (Wildman–Crippen LogP) is 2.20. The van der Waals surface area contributed by atoms with Crippen LogP contribution in [0, 0.1) is 0 Å². The zero-order valence-electron chi connectivity index (χ0n) is 9.94. The van der Waals surface area contributed by atoms with Crippen LogP contribution < -0.4 is 0 Å². The molecule has 0 saturated carbocycles. The molecule has 0 aliphatic rings.